The van der Waals surface area contributed by atoms with Crippen LogP contribution in [0, 0.1) is 11.3 Å². The minimum Gasteiger partial charge on any atom is -0.373 e. The van der Waals surface area contributed by atoms with E-state index in [1.807, 2.05) is 12.1 Å². The Kier molecular flexibility index (Phi) is 2.79. The van der Waals surface area contributed by atoms with E-state index in [2.05, 4.69) is 16.4 Å². The summed E-state index contributed by atoms with van der Waals surface area (Å²) < 4.78 is 5.79. The number of fused-ring (bicyclic) bond motifs is 2. The van der Waals surface area contributed by atoms with Gasteiger partial charge in [-0.2, -0.15) is 5.26 Å². The molecular formula is C13H15N3O. The lowest BCUT2D eigenvalue weighted by Gasteiger charge is -2.20. The van der Waals surface area contributed by atoms with Gasteiger partial charge in [0.15, 0.2) is 0 Å². The zero-order chi connectivity index (χ0) is 11.7. The predicted molar refractivity (Wildman–Crippen MR) is 62.1 cm³/mol. The molecule has 2 bridgehead atoms. The van der Waals surface area contributed by atoms with Crippen molar-refractivity contribution in [2.24, 2.45) is 0 Å². The van der Waals surface area contributed by atoms with Crippen LogP contribution in [0.15, 0.2) is 18.3 Å². The molecule has 0 aromatic carbocycles. The zero-order valence-corrected chi connectivity index (χ0v) is 9.60. The second-order valence-electron chi connectivity index (χ2n) is 4.72. The van der Waals surface area contributed by atoms with Gasteiger partial charge >= 0.3 is 0 Å². The van der Waals surface area contributed by atoms with E-state index in [1.165, 1.54) is 12.8 Å². The molecule has 3 rings (SSSR count). The van der Waals surface area contributed by atoms with Gasteiger partial charge in [-0.3, -0.25) is 0 Å². The molecule has 3 unspecified atom stereocenters. The van der Waals surface area contributed by atoms with Crippen molar-refractivity contribution in [2.45, 2.75) is 44.1 Å². The average molecular weight is 229 g/mol. The second-order valence-corrected chi connectivity index (χ2v) is 4.72. The van der Waals surface area contributed by atoms with E-state index in [9.17, 15) is 0 Å². The van der Waals surface area contributed by atoms with Crippen LogP contribution in [0.5, 0.6) is 0 Å². The highest BCUT2D eigenvalue weighted by molar-refractivity contribution is 5.30. The Morgan fingerprint density at radius 2 is 2.47 bits per heavy atom. The topological polar surface area (TPSA) is 57.9 Å². The number of ether oxygens (including phenoxy) is 1. The van der Waals surface area contributed by atoms with Gasteiger partial charge in [0.05, 0.1) is 12.2 Å². The molecule has 1 N–H and O–H groups in total. The third kappa shape index (κ3) is 2.04. The Bertz CT molecular complexity index is 454. The molecule has 3 heterocycles. The largest absolute Gasteiger partial charge is 0.373 e. The second kappa shape index (κ2) is 4.44. The highest BCUT2D eigenvalue weighted by atomic mass is 16.5. The van der Waals surface area contributed by atoms with Gasteiger partial charge in [0.1, 0.15) is 11.8 Å². The molecule has 0 aliphatic carbocycles. The molecule has 0 spiro atoms. The molecule has 2 aliphatic heterocycles. The molecule has 17 heavy (non-hydrogen) atoms. The quantitative estimate of drug-likeness (QED) is 0.850. The highest BCUT2D eigenvalue weighted by Crippen LogP contribution is 2.34. The number of aromatic nitrogens is 1. The maximum Gasteiger partial charge on any atom is 0.144 e. The molecule has 0 saturated carbocycles. The highest BCUT2D eigenvalue weighted by Gasteiger charge is 2.40. The lowest BCUT2D eigenvalue weighted by Crippen LogP contribution is -2.37. The summed E-state index contributed by atoms with van der Waals surface area (Å²) in [6.45, 7) is 0.702. The van der Waals surface area contributed by atoms with Gasteiger partial charge in [0.2, 0.25) is 0 Å². The van der Waals surface area contributed by atoms with E-state index in [0.717, 1.165) is 12.0 Å². The Morgan fingerprint density at radius 3 is 3.18 bits per heavy atom. The Morgan fingerprint density at radius 1 is 1.53 bits per heavy atom. The van der Waals surface area contributed by atoms with Crippen molar-refractivity contribution >= 4 is 0 Å². The number of pyridine rings is 1. The summed E-state index contributed by atoms with van der Waals surface area (Å²) in [7, 11) is 0. The molecule has 1 aromatic heterocycles. The summed E-state index contributed by atoms with van der Waals surface area (Å²) in [6.07, 6.45) is 5.97. The lowest BCUT2D eigenvalue weighted by atomic mass is 9.95. The molecule has 2 aliphatic rings. The van der Waals surface area contributed by atoms with Crippen LogP contribution in [-0.2, 0) is 11.3 Å². The Labute approximate surface area is 101 Å². The first-order valence-electron chi connectivity index (χ1n) is 6.09. The molecule has 2 saturated heterocycles. The van der Waals surface area contributed by atoms with Crippen molar-refractivity contribution in [3.05, 3.63) is 29.6 Å². The van der Waals surface area contributed by atoms with Gasteiger partial charge in [0, 0.05) is 24.3 Å². The van der Waals surface area contributed by atoms with Gasteiger partial charge in [0.25, 0.3) is 0 Å². The van der Waals surface area contributed by atoms with Crippen molar-refractivity contribution in [3.63, 3.8) is 0 Å². The van der Waals surface area contributed by atoms with Crippen LogP contribution < -0.4 is 5.32 Å². The maximum absolute atomic E-state index is 8.95. The van der Waals surface area contributed by atoms with Crippen molar-refractivity contribution in [3.8, 4) is 6.07 Å². The minimum absolute atomic E-state index is 0.377. The maximum atomic E-state index is 8.95. The zero-order valence-electron chi connectivity index (χ0n) is 9.60. The van der Waals surface area contributed by atoms with Crippen molar-refractivity contribution in [1.29, 1.82) is 5.26 Å². The van der Waals surface area contributed by atoms with Gasteiger partial charge in [-0.1, -0.05) is 6.07 Å². The summed E-state index contributed by atoms with van der Waals surface area (Å²) in [4.78, 5) is 4.06. The van der Waals surface area contributed by atoms with E-state index in [4.69, 9.17) is 10.00 Å². The molecule has 4 nitrogen and oxygen atoms in total. The molecule has 0 radical (unpaired) electrons. The summed E-state index contributed by atoms with van der Waals surface area (Å²) in [5.74, 6) is 0. The van der Waals surface area contributed by atoms with Crippen LogP contribution in [-0.4, -0.2) is 23.2 Å². The summed E-state index contributed by atoms with van der Waals surface area (Å²) in [5.41, 5.74) is 1.49. The summed E-state index contributed by atoms with van der Waals surface area (Å²) in [5, 5.41) is 12.4. The predicted octanol–water partition coefficient (Wildman–Crippen LogP) is 1.36. The Hall–Kier alpha value is -1.44. The average Bonchev–Trinajstić information content (AvgIpc) is 2.98. The van der Waals surface area contributed by atoms with Gasteiger partial charge in [-0.25, -0.2) is 4.98 Å². The molecule has 88 valence electrons. The number of rotatable bonds is 3. The van der Waals surface area contributed by atoms with Crippen LogP contribution in [0.1, 0.15) is 30.5 Å². The van der Waals surface area contributed by atoms with E-state index < -0.39 is 0 Å². The van der Waals surface area contributed by atoms with E-state index >= 15 is 0 Å². The lowest BCUT2D eigenvalue weighted by molar-refractivity contribution is 0.0973. The number of hydrogen-bond acceptors (Lipinski definition) is 4. The summed E-state index contributed by atoms with van der Waals surface area (Å²) >= 11 is 0. The first-order chi connectivity index (χ1) is 8.36. The molecular weight excluding hydrogens is 214 g/mol. The number of nitriles is 1. The Balaban J connectivity index is 1.63. The minimum atomic E-state index is 0.377. The molecule has 0 amide bonds. The van der Waals surface area contributed by atoms with Crippen LogP contribution >= 0.6 is 0 Å². The fourth-order valence-corrected chi connectivity index (χ4v) is 2.78. The normalized spacial score (nSPS) is 30.4. The third-order valence-electron chi connectivity index (χ3n) is 3.66. The van der Waals surface area contributed by atoms with Gasteiger partial charge in [-0.05, 0) is 25.3 Å². The van der Waals surface area contributed by atoms with Crippen molar-refractivity contribution in [1.82, 2.24) is 10.3 Å². The first-order valence-corrected chi connectivity index (χ1v) is 6.09. The number of hydrogen-bond donors (Lipinski definition) is 1. The number of nitrogens with one attached hydrogen (secondary N) is 1. The fourth-order valence-electron chi connectivity index (χ4n) is 2.78. The molecule has 1 aromatic rings. The smallest absolute Gasteiger partial charge is 0.144 e. The van der Waals surface area contributed by atoms with E-state index in [-0.39, 0.29) is 0 Å². The standard InChI is InChI=1S/C13H15N3O/c14-7-12-9(2-1-5-15-12)8-16-11-6-10-3-4-13(11)17-10/h1-2,5,10-11,13,16H,3-4,6,8H2. The van der Waals surface area contributed by atoms with Crippen LogP contribution in [0.2, 0.25) is 0 Å². The van der Waals surface area contributed by atoms with Crippen LogP contribution in [0.3, 0.4) is 0 Å². The van der Waals surface area contributed by atoms with Crippen LogP contribution in [0.4, 0.5) is 0 Å². The molecule has 2 fully saturated rings. The van der Waals surface area contributed by atoms with E-state index in [0.29, 0.717) is 30.5 Å². The fraction of sp³-hybridized carbons (Fsp3) is 0.538. The van der Waals surface area contributed by atoms with Crippen LogP contribution in [0.25, 0.3) is 0 Å². The molecule has 3 atom stereocenters. The van der Waals surface area contributed by atoms with Gasteiger partial charge < -0.3 is 10.1 Å². The van der Waals surface area contributed by atoms with E-state index in [1.54, 1.807) is 6.20 Å². The first kappa shape index (κ1) is 10.7. The van der Waals surface area contributed by atoms with Gasteiger partial charge in [-0.15, -0.1) is 0 Å². The van der Waals surface area contributed by atoms with Crippen molar-refractivity contribution in [2.75, 3.05) is 0 Å². The monoisotopic (exact) mass is 229 g/mol. The summed E-state index contributed by atoms with van der Waals surface area (Å²) in [6, 6.07) is 6.39. The number of nitrogens with zero attached hydrogens (tertiary/aromatic N) is 2. The third-order valence-corrected chi connectivity index (χ3v) is 3.66. The SMILES string of the molecule is N#Cc1ncccc1CNC1CC2CCC1O2. The molecule has 4 heteroatoms. The van der Waals surface area contributed by atoms with Crippen molar-refractivity contribution < 1.29 is 4.74 Å².